The highest BCUT2D eigenvalue weighted by Gasteiger charge is 2.38. The molecule has 0 aromatic heterocycles. The fourth-order valence-corrected chi connectivity index (χ4v) is 5.55. The van der Waals surface area contributed by atoms with Crippen LogP contribution in [0.25, 0.3) is 0 Å². The summed E-state index contributed by atoms with van der Waals surface area (Å²) in [5, 5.41) is 0.849. The molecule has 4 atom stereocenters. The first-order chi connectivity index (χ1) is 13.0. The van der Waals surface area contributed by atoms with Gasteiger partial charge in [0, 0.05) is 5.33 Å². The van der Waals surface area contributed by atoms with Crippen molar-refractivity contribution in [2.45, 2.75) is 83.1 Å². The molecule has 2 aliphatic carbocycles. The summed E-state index contributed by atoms with van der Waals surface area (Å²) in [4.78, 5) is 13.4. The maximum Gasteiger partial charge on any atom is 0.313 e. The van der Waals surface area contributed by atoms with Gasteiger partial charge in [-0.3, -0.25) is 4.79 Å². The topological polar surface area (TPSA) is 26.3 Å². The second-order valence-electron chi connectivity index (χ2n) is 9.20. The molecular weight excluding hydrogens is 400 g/mol. The minimum Gasteiger partial charge on any atom is -0.462 e. The summed E-state index contributed by atoms with van der Waals surface area (Å²) < 4.78 is 6.27. The Bertz CT molecular complexity index is 603. The third-order valence-corrected chi connectivity index (χ3v) is 7.49. The zero-order valence-corrected chi connectivity index (χ0v) is 18.7. The molecule has 3 heteroatoms. The summed E-state index contributed by atoms with van der Waals surface area (Å²) in [7, 11) is 0. The molecule has 2 nitrogen and oxygen atoms in total. The third kappa shape index (κ3) is 5.16. The number of alkyl halides is 1. The Morgan fingerprint density at radius 1 is 1.11 bits per heavy atom. The van der Waals surface area contributed by atoms with Crippen molar-refractivity contribution in [2.24, 2.45) is 23.7 Å². The number of halogens is 1. The van der Waals surface area contributed by atoms with Gasteiger partial charge in [0.1, 0.15) is 6.10 Å². The molecule has 0 amide bonds. The van der Waals surface area contributed by atoms with Crippen LogP contribution in [0, 0.1) is 23.7 Å². The smallest absolute Gasteiger partial charge is 0.313 e. The lowest BCUT2D eigenvalue weighted by Gasteiger charge is -2.37. The quantitative estimate of drug-likeness (QED) is 0.360. The molecule has 0 saturated heterocycles. The van der Waals surface area contributed by atoms with Crippen LogP contribution in [0.2, 0.25) is 0 Å². The van der Waals surface area contributed by atoms with E-state index in [2.05, 4.69) is 61.0 Å². The van der Waals surface area contributed by atoms with Gasteiger partial charge >= 0.3 is 5.97 Å². The molecule has 2 aliphatic rings. The highest BCUT2D eigenvalue weighted by molar-refractivity contribution is 9.08. The molecule has 0 bridgehead atoms. The molecule has 150 valence electrons. The molecule has 1 aromatic rings. The van der Waals surface area contributed by atoms with Crippen molar-refractivity contribution >= 4 is 21.9 Å². The molecular formula is C24H35BrO2. The standard InChI is InChI=1S/C24H35BrO2/c1-16(2)21-13-8-17(3)14-22(21)27-24(26)23(19-6-4-5-7-19)20-11-9-18(15-25)10-12-20/h9-12,16-17,19,21-23H,4-8,13-15H2,1-3H3/t17-,21+,22-,23-/m0/s1. The summed E-state index contributed by atoms with van der Waals surface area (Å²) in [5.74, 6) is 2.09. The van der Waals surface area contributed by atoms with Crippen molar-refractivity contribution in [1.29, 1.82) is 0 Å². The minimum absolute atomic E-state index is 0.0262. The average Bonchev–Trinajstić information content (AvgIpc) is 3.16. The second-order valence-corrected chi connectivity index (χ2v) is 9.76. The number of hydrogen-bond acceptors (Lipinski definition) is 2. The SMILES string of the molecule is CC(C)[C@H]1CC[C@H](C)C[C@@H]1OC(=O)[C@H](c1ccc(CBr)cc1)C1CCCC1. The van der Waals surface area contributed by atoms with Crippen LogP contribution >= 0.6 is 15.9 Å². The van der Waals surface area contributed by atoms with Gasteiger partial charge in [-0.1, -0.05) is 80.2 Å². The monoisotopic (exact) mass is 434 g/mol. The summed E-state index contributed by atoms with van der Waals surface area (Å²) in [5.41, 5.74) is 2.39. The molecule has 3 rings (SSSR count). The molecule has 0 heterocycles. The van der Waals surface area contributed by atoms with E-state index >= 15 is 0 Å². The lowest BCUT2D eigenvalue weighted by molar-refractivity contribution is -0.159. The predicted octanol–water partition coefficient (Wildman–Crippen LogP) is 6.86. The van der Waals surface area contributed by atoms with Crippen molar-refractivity contribution in [2.75, 3.05) is 0 Å². The first-order valence-corrected chi connectivity index (χ1v) is 12.0. The average molecular weight is 435 g/mol. The zero-order chi connectivity index (χ0) is 19.4. The summed E-state index contributed by atoms with van der Waals surface area (Å²) in [6, 6.07) is 8.56. The van der Waals surface area contributed by atoms with Crippen LogP contribution in [-0.4, -0.2) is 12.1 Å². The van der Waals surface area contributed by atoms with Gasteiger partial charge in [-0.2, -0.15) is 0 Å². The van der Waals surface area contributed by atoms with Gasteiger partial charge in [-0.25, -0.2) is 0 Å². The van der Waals surface area contributed by atoms with Crippen LogP contribution in [-0.2, 0) is 14.9 Å². The van der Waals surface area contributed by atoms with Crippen molar-refractivity contribution in [3.63, 3.8) is 0 Å². The Balaban J connectivity index is 1.79. The van der Waals surface area contributed by atoms with Crippen LogP contribution in [0.15, 0.2) is 24.3 Å². The van der Waals surface area contributed by atoms with E-state index < -0.39 is 0 Å². The van der Waals surface area contributed by atoms with Crippen molar-refractivity contribution in [3.05, 3.63) is 35.4 Å². The molecule has 0 radical (unpaired) electrons. The third-order valence-electron chi connectivity index (χ3n) is 6.85. The molecule has 1 aromatic carbocycles. The number of rotatable bonds is 6. The number of benzene rings is 1. The van der Waals surface area contributed by atoms with E-state index in [9.17, 15) is 4.79 Å². The Morgan fingerprint density at radius 2 is 1.78 bits per heavy atom. The van der Waals surface area contributed by atoms with Crippen molar-refractivity contribution < 1.29 is 9.53 Å². The lowest BCUT2D eigenvalue weighted by atomic mass is 9.75. The van der Waals surface area contributed by atoms with E-state index in [0.717, 1.165) is 30.2 Å². The molecule has 0 spiro atoms. The zero-order valence-electron chi connectivity index (χ0n) is 17.1. The number of carbonyl (C=O) groups excluding carboxylic acids is 1. The first kappa shape index (κ1) is 20.9. The van der Waals surface area contributed by atoms with Gasteiger partial charge < -0.3 is 4.74 Å². The molecule has 2 saturated carbocycles. The van der Waals surface area contributed by atoms with Gasteiger partial charge in [0.05, 0.1) is 5.92 Å². The van der Waals surface area contributed by atoms with Crippen LogP contribution in [0.3, 0.4) is 0 Å². The summed E-state index contributed by atoms with van der Waals surface area (Å²) in [6.07, 6.45) is 8.33. The van der Waals surface area contributed by atoms with Gasteiger partial charge in [-0.15, -0.1) is 0 Å². The summed E-state index contributed by atoms with van der Waals surface area (Å²) >= 11 is 3.51. The normalized spacial score (nSPS) is 27.7. The Kier molecular flexibility index (Phi) is 7.42. The van der Waals surface area contributed by atoms with Crippen molar-refractivity contribution in [1.82, 2.24) is 0 Å². The highest BCUT2D eigenvalue weighted by Crippen LogP contribution is 2.41. The molecule has 0 aliphatic heterocycles. The van der Waals surface area contributed by atoms with Gasteiger partial charge in [0.25, 0.3) is 0 Å². The Hall–Kier alpha value is -0.830. The van der Waals surface area contributed by atoms with Crippen LogP contribution < -0.4 is 0 Å². The van der Waals surface area contributed by atoms with Crippen molar-refractivity contribution in [3.8, 4) is 0 Å². The predicted molar refractivity (Wildman–Crippen MR) is 115 cm³/mol. The number of carbonyl (C=O) groups is 1. The van der Waals surface area contributed by atoms with E-state index in [1.165, 1.54) is 31.2 Å². The van der Waals surface area contributed by atoms with Crippen LogP contribution in [0.4, 0.5) is 0 Å². The maximum absolute atomic E-state index is 13.4. The van der Waals surface area contributed by atoms with Gasteiger partial charge in [-0.05, 0) is 60.5 Å². The minimum atomic E-state index is -0.0954. The molecule has 0 N–H and O–H groups in total. The number of ether oxygens (including phenoxy) is 1. The molecule has 2 fully saturated rings. The molecule has 27 heavy (non-hydrogen) atoms. The van der Waals surface area contributed by atoms with Gasteiger partial charge in [0.15, 0.2) is 0 Å². The number of hydrogen-bond donors (Lipinski definition) is 0. The second kappa shape index (κ2) is 9.58. The highest BCUT2D eigenvalue weighted by atomic mass is 79.9. The largest absolute Gasteiger partial charge is 0.462 e. The van der Waals surface area contributed by atoms with E-state index in [1.54, 1.807) is 0 Å². The van der Waals surface area contributed by atoms with Crippen LogP contribution in [0.1, 0.15) is 82.8 Å². The maximum atomic E-state index is 13.4. The van der Waals surface area contributed by atoms with E-state index in [1.807, 2.05) is 0 Å². The van der Waals surface area contributed by atoms with E-state index in [0.29, 0.717) is 23.7 Å². The Labute approximate surface area is 173 Å². The fourth-order valence-electron chi connectivity index (χ4n) is 5.18. The first-order valence-electron chi connectivity index (χ1n) is 10.8. The number of esters is 1. The Morgan fingerprint density at radius 3 is 2.37 bits per heavy atom. The summed E-state index contributed by atoms with van der Waals surface area (Å²) in [6.45, 7) is 6.84. The van der Waals surface area contributed by atoms with Gasteiger partial charge in [0.2, 0.25) is 0 Å². The lowest BCUT2D eigenvalue weighted by Crippen LogP contribution is -2.37. The molecule has 0 unspecified atom stereocenters. The van der Waals surface area contributed by atoms with E-state index in [4.69, 9.17) is 4.74 Å². The van der Waals surface area contributed by atoms with Crippen LogP contribution in [0.5, 0.6) is 0 Å². The fraction of sp³-hybridized carbons (Fsp3) is 0.708. The van der Waals surface area contributed by atoms with E-state index in [-0.39, 0.29) is 18.0 Å².